The Balaban J connectivity index is 1.51. The predicted molar refractivity (Wildman–Crippen MR) is 113 cm³/mol. The van der Waals surface area contributed by atoms with Gasteiger partial charge in [0.1, 0.15) is 11.6 Å². The van der Waals surface area contributed by atoms with Gasteiger partial charge in [0.05, 0.1) is 54.6 Å². The molecule has 1 N–H and O–H groups in total. The summed E-state index contributed by atoms with van der Waals surface area (Å²) in [5.41, 5.74) is 2.69. The second kappa shape index (κ2) is 10.0. The number of alkyl halides is 3. The van der Waals surface area contributed by atoms with Gasteiger partial charge >= 0.3 is 6.36 Å². The molecule has 11 heteroatoms. The van der Waals surface area contributed by atoms with Crippen molar-refractivity contribution in [2.24, 2.45) is 13.0 Å². The topological polar surface area (TPSA) is 83.3 Å². The zero-order valence-corrected chi connectivity index (χ0v) is 18.4. The molecule has 0 amide bonds. The highest BCUT2D eigenvalue weighted by atomic mass is 19.4. The van der Waals surface area contributed by atoms with Gasteiger partial charge in [-0.25, -0.2) is 4.98 Å². The highest BCUT2D eigenvalue weighted by molar-refractivity contribution is 5.77. The molecule has 1 aliphatic rings. The number of halogens is 3. The van der Waals surface area contributed by atoms with Crippen molar-refractivity contribution in [1.82, 2.24) is 24.8 Å². The van der Waals surface area contributed by atoms with Crippen LogP contribution in [0.3, 0.4) is 0 Å². The molecule has 0 bridgehead atoms. The number of hydrogen-bond acceptors (Lipinski definition) is 7. The Morgan fingerprint density at radius 2 is 2.12 bits per heavy atom. The van der Waals surface area contributed by atoms with Crippen molar-refractivity contribution in [3.63, 3.8) is 0 Å². The van der Waals surface area contributed by atoms with E-state index in [9.17, 15) is 13.2 Å². The monoisotopic (exact) mass is 465 g/mol. The van der Waals surface area contributed by atoms with Gasteiger partial charge in [0.25, 0.3) is 0 Å². The molecule has 2 atom stereocenters. The SMILES string of the molecule is Cc1cnc(COCN[C@H](c2nc3cc(OC(F)(F)F)ccc3n2C)[C@@H]2CCCOC2)cn1. The Bertz CT molecular complexity index is 1070. The first-order valence-electron chi connectivity index (χ1n) is 10.7. The fourth-order valence-electron chi connectivity index (χ4n) is 3.97. The molecule has 3 heterocycles. The molecule has 1 aromatic carbocycles. The summed E-state index contributed by atoms with van der Waals surface area (Å²) < 4.78 is 55.2. The number of fused-ring (bicyclic) bond motifs is 1. The normalized spacial score (nSPS) is 17.9. The van der Waals surface area contributed by atoms with Crippen molar-refractivity contribution in [2.75, 3.05) is 19.9 Å². The molecular weight excluding hydrogens is 439 g/mol. The van der Waals surface area contributed by atoms with E-state index < -0.39 is 6.36 Å². The smallest absolute Gasteiger partial charge is 0.406 e. The second-order valence-corrected chi connectivity index (χ2v) is 8.03. The van der Waals surface area contributed by atoms with Crippen molar-refractivity contribution in [3.8, 4) is 5.75 Å². The summed E-state index contributed by atoms with van der Waals surface area (Å²) in [6, 6.07) is 3.96. The lowest BCUT2D eigenvalue weighted by atomic mass is 9.93. The lowest BCUT2D eigenvalue weighted by Crippen LogP contribution is -2.36. The number of hydrogen-bond donors (Lipinski definition) is 1. The first-order chi connectivity index (χ1) is 15.8. The Kier molecular flexibility index (Phi) is 7.11. The highest BCUT2D eigenvalue weighted by Gasteiger charge is 2.32. The van der Waals surface area contributed by atoms with Crippen molar-refractivity contribution >= 4 is 11.0 Å². The first-order valence-corrected chi connectivity index (χ1v) is 10.7. The maximum absolute atomic E-state index is 12.6. The minimum absolute atomic E-state index is 0.142. The molecule has 1 aliphatic heterocycles. The lowest BCUT2D eigenvalue weighted by Gasteiger charge is -2.30. The summed E-state index contributed by atoms with van der Waals surface area (Å²) >= 11 is 0. The summed E-state index contributed by atoms with van der Waals surface area (Å²) in [4.78, 5) is 13.1. The summed E-state index contributed by atoms with van der Waals surface area (Å²) in [6.45, 7) is 3.68. The zero-order valence-electron chi connectivity index (χ0n) is 18.4. The van der Waals surface area contributed by atoms with E-state index in [1.807, 2.05) is 18.5 Å². The third-order valence-corrected chi connectivity index (χ3v) is 5.56. The molecule has 33 heavy (non-hydrogen) atoms. The molecule has 2 aromatic heterocycles. The molecule has 8 nitrogen and oxygen atoms in total. The number of benzene rings is 1. The van der Waals surface area contributed by atoms with E-state index in [0.29, 0.717) is 36.7 Å². The first kappa shape index (κ1) is 23.4. The van der Waals surface area contributed by atoms with E-state index in [4.69, 9.17) is 9.47 Å². The number of nitrogens with one attached hydrogen (secondary N) is 1. The van der Waals surface area contributed by atoms with E-state index >= 15 is 0 Å². The van der Waals surface area contributed by atoms with Crippen LogP contribution in [0.25, 0.3) is 11.0 Å². The van der Waals surface area contributed by atoms with Crippen LogP contribution in [0.5, 0.6) is 5.75 Å². The predicted octanol–water partition coefficient (Wildman–Crippen LogP) is 3.80. The van der Waals surface area contributed by atoms with E-state index in [-0.39, 0.29) is 24.4 Å². The van der Waals surface area contributed by atoms with E-state index in [2.05, 4.69) is 25.0 Å². The molecule has 1 fully saturated rings. The molecule has 4 rings (SSSR count). The van der Waals surface area contributed by atoms with E-state index in [1.54, 1.807) is 18.5 Å². The number of ether oxygens (including phenoxy) is 3. The largest absolute Gasteiger partial charge is 0.573 e. The fourth-order valence-corrected chi connectivity index (χ4v) is 3.97. The maximum Gasteiger partial charge on any atom is 0.573 e. The average Bonchev–Trinajstić information content (AvgIpc) is 3.10. The van der Waals surface area contributed by atoms with Crippen LogP contribution < -0.4 is 10.1 Å². The second-order valence-electron chi connectivity index (χ2n) is 8.03. The third-order valence-electron chi connectivity index (χ3n) is 5.56. The van der Waals surface area contributed by atoms with Crippen LogP contribution in [-0.2, 0) is 23.1 Å². The van der Waals surface area contributed by atoms with Gasteiger partial charge in [0.2, 0.25) is 0 Å². The van der Waals surface area contributed by atoms with Crippen LogP contribution in [-0.4, -0.2) is 45.8 Å². The quantitative estimate of drug-likeness (QED) is 0.400. The number of aryl methyl sites for hydroxylation is 2. The summed E-state index contributed by atoms with van der Waals surface area (Å²) in [6.07, 6.45) is 0.468. The fraction of sp³-hybridized carbons (Fsp3) is 0.500. The van der Waals surface area contributed by atoms with Crippen LogP contribution >= 0.6 is 0 Å². The van der Waals surface area contributed by atoms with Gasteiger partial charge in [-0.3, -0.25) is 15.3 Å². The Morgan fingerprint density at radius 3 is 2.82 bits per heavy atom. The summed E-state index contributed by atoms with van der Waals surface area (Å²) in [5, 5.41) is 3.40. The molecular formula is C22H26F3N5O3. The zero-order chi connectivity index (χ0) is 23.4. The van der Waals surface area contributed by atoms with E-state index in [0.717, 1.165) is 24.2 Å². The van der Waals surface area contributed by atoms with Crippen molar-refractivity contribution < 1.29 is 27.4 Å². The molecule has 3 aromatic rings. The van der Waals surface area contributed by atoms with Crippen LogP contribution in [0.4, 0.5) is 13.2 Å². The van der Waals surface area contributed by atoms with Crippen LogP contribution in [0.2, 0.25) is 0 Å². The van der Waals surface area contributed by atoms with Gasteiger partial charge < -0.3 is 18.8 Å². The van der Waals surface area contributed by atoms with Gasteiger partial charge in [0.15, 0.2) is 0 Å². The van der Waals surface area contributed by atoms with Crippen molar-refractivity contribution in [1.29, 1.82) is 0 Å². The number of aromatic nitrogens is 4. The molecule has 1 saturated heterocycles. The summed E-state index contributed by atoms with van der Waals surface area (Å²) in [7, 11) is 1.84. The molecule has 0 radical (unpaired) electrons. The van der Waals surface area contributed by atoms with Gasteiger partial charge in [-0.05, 0) is 31.9 Å². The molecule has 0 spiro atoms. The minimum Gasteiger partial charge on any atom is -0.406 e. The average molecular weight is 465 g/mol. The van der Waals surface area contributed by atoms with Gasteiger partial charge in [0, 0.05) is 31.8 Å². The maximum atomic E-state index is 12.6. The van der Waals surface area contributed by atoms with Gasteiger partial charge in [-0.2, -0.15) is 0 Å². The lowest BCUT2D eigenvalue weighted by molar-refractivity contribution is -0.274. The number of rotatable bonds is 8. The Hall–Kier alpha value is -2.76. The minimum atomic E-state index is -4.76. The van der Waals surface area contributed by atoms with Crippen molar-refractivity contribution in [3.05, 3.63) is 47.8 Å². The summed E-state index contributed by atoms with van der Waals surface area (Å²) in [5.74, 6) is 0.541. The molecule has 0 unspecified atom stereocenters. The van der Waals surface area contributed by atoms with E-state index in [1.165, 1.54) is 12.1 Å². The van der Waals surface area contributed by atoms with Gasteiger partial charge in [-0.1, -0.05) is 0 Å². The van der Waals surface area contributed by atoms with Gasteiger partial charge in [-0.15, -0.1) is 13.2 Å². The standard InChI is InChI=1S/C22H26F3N5O3/c1-14-9-27-16(10-26-14)12-32-13-28-20(15-4-3-7-31-11-15)21-29-18-8-17(33-22(23,24)25)5-6-19(18)30(21)2/h5-6,8-10,15,20,28H,3-4,7,11-13H2,1-2H3/t15-,20+/m1/s1. The van der Waals surface area contributed by atoms with Crippen LogP contribution in [0, 0.1) is 12.8 Å². The molecule has 0 saturated carbocycles. The number of nitrogens with zero attached hydrogens (tertiary/aromatic N) is 4. The van der Waals surface area contributed by atoms with Crippen molar-refractivity contribution in [2.45, 2.75) is 38.8 Å². The van der Waals surface area contributed by atoms with Crippen LogP contribution in [0.15, 0.2) is 30.6 Å². The van der Waals surface area contributed by atoms with Crippen LogP contribution in [0.1, 0.15) is 36.1 Å². The Labute approximate surface area is 189 Å². The molecule has 0 aliphatic carbocycles. The Morgan fingerprint density at radius 1 is 1.27 bits per heavy atom. The third kappa shape index (κ3) is 5.98. The highest BCUT2D eigenvalue weighted by Crippen LogP contribution is 2.32. The number of imidazole rings is 1. The molecule has 178 valence electrons.